The van der Waals surface area contributed by atoms with E-state index < -0.39 is 42.3 Å². The molecule has 3 rings (SSSR count). The molecule has 1 aromatic rings. The fraction of sp³-hybridized carbons (Fsp3) is 0.706. The number of halogens is 5. The fourth-order valence-electron chi connectivity index (χ4n) is 3.86. The van der Waals surface area contributed by atoms with Gasteiger partial charge in [-0.05, 0) is 38.3 Å². The molecule has 2 saturated heterocycles. The van der Waals surface area contributed by atoms with Gasteiger partial charge in [-0.1, -0.05) is 0 Å². The van der Waals surface area contributed by atoms with Gasteiger partial charge in [0.05, 0.1) is 12.4 Å². The topological polar surface area (TPSA) is 58.4 Å². The lowest BCUT2D eigenvalue weighted by molar-refractivity contribution is -0.159. The molecule has 156 valence electrons. The summed E-state index contributed by atoms with van der Waals surface area (Å²) in [5.41, 5.74) is -1.10. The number of hydrogen-bond acceptors (Lipinski definition) is 4. The molecule has 28 heavy (non-hydrogen) atoms. The first kappa shape index (κ1) is 20.7. The first-order chi connectivity index (χ1) is 13.1. The summed E-state index contributed by atoms with van der Waals surface area (Å²) in [4.78, 5) is 30.5. The van der Waals surface area contributed by atoms with E-state index in [4.69, 9.17) is 0 Å². The smallest absolute Gasteiger partial charge is 0.332 e. The van der Waals surface area contributed by atoms with Crippen molar-refractivity contribution in [1.29, 1.82) is 0 Å². The monoisotopic (exact) mass is 408 g/mol. The van der Waals surface area contributed by atoms with Crippen molar-refractivity contribution in [3.05, 3.63) is 28.4 Å². The zero-order chi connectivity index (χ0) is 20.5. The van der Waals surface area contributed by atoms with Crippen LogP contribution >= 0.6 is 0 Å². The third-order valence-electron chi connectivity index (χ3n) is 5.31. The predicted molar refractivity (Wildman–Crippen MR) is 88.8 cm³/mol. The third-order valence-corrected chi connectivity index (χ3v) is 5.31. The van der Waals surface area contributed by atoms with Crippen molar-refractivity contribution in [3.63, 3.8) is 0 Å². The number of aromatic nitrogens is 2. The maximum atomic E-state index is 12.6. The van der Waals surface area contributed by atoms with E-state index in [-0.39, 0.29) is 12.5 Å². The minimum Gasteiger partial charge on any atom is -0.332 e. The number of likely N-dealkylation sites (tertiary alicyclic amines) is 2. The van der Waals surface area contributed by atoms with Crippen LogP contribution < -0.4 is 5.56 Å². The van der Waals surface area contributed by atoms with Crippen molar-refractivity contribution in [2.45, 2.75) is 44.5 Å². The summed E-state index contributed by atoms with van der Waals surface area (Å²) < 4.78 is 64.0. The largest absolute Gasteiger partial charge is 0.406 e. The molecule has 1 aromatic heterocycles. The maximum Gasteiger partial charge on any atom is 0.406 e. The normalized spacial score (nSPS) is 22.4. The summed E-state index contributed by atoms with van der Waals surface area (Å²) in [7, 11) is 0. The minimum absolute atomic E-state index is 0.0977. The highest BCUT2D eigenvalue weighted by Gasteiger charge is 2.42. The average molecular weight is 408 g/mol. The van der Waals surface area contributed by atoms with Crippen LogP contribution in [0.1, 0.15) is 31.4 Å². The highest BCUT2D eigenvalue weighted by atomic mass is 19.4. The van der Waals surface area contributed by atoms with Gasteiger partial charge in [-0.2, -0.15) is 13.2 Å². The molecule has 11 heteroatoms. The lowest BCUT2D eigenvalue weighted by Gasteiger charge is -2.35. The standard InChI is InChI=1S/C17H21F5N4O2/c18-15(19)12-7-14(27)26(10-23-12)8-11-1-4-24(5-2-11)13-3-6-25(16(13)28)9-17(20,21)22/h7,10-11,13,15H,1-6,8-9H2. The summed E-state index contributed by atoms with van der Waals surface area (Å²) in [5, 5.41) is 0. The maximum absolute atomic E-state index is 12.6. The number of carbonyl (C=O) groups is 1. The molecule has 0 bridgehead atoms. The Kier molecular flexibility index (Phi) is 6.01. The second kappa shape index (κ2) is 8.14. The SMILES string of the molecule is O=C1C(N2CCC(Cn3cnc(C(F)F)cc3=O)CC2)CCN1CC(F)(F)F. The van der Waals surface area contributed by atoms with Gasteiger partial charge < -0.3 is 4.90 Å². The number of rotatable bonds is 5. The summed E-state index contributed by atoms with van der Waals surface area (Å²) in [5.74, 6) is -0.380. The Morgan fingerprint density at radius 1 is 1.11 bits per heavy atom. The molecule has 1 unspecified atom stereocenters. The first-order valence-corrected chi connectivity index (χ1v) is 9.08. The molecule has 1 amide bonds. The molecule has 0 N–H and O–H groups in total. The molecule has 0 aliphatic carbocycles. The summed E-state index contributed by atoms with van der Waals surface area (Å²) >= 11 is 0. The second-order valence-electron chi connectivity index (χ2n) is 7.26. The van der Waals surface area contributed by atoms with Crippen LogP contribution in [-0.2, 0) is 11.3 Å². The Morgan fingerprint density at radius 3 is 2.36 bits per heavy atom. The van der Waals surface area contributed by atoms with E-state index in [1.54, 1.807) is 0 Å². The zero-order valence-corrected chi connectivity index (χ0v) is 15.0. The van der Waals surface area contributed by atoms with Gasteiger partial charge in [0.15, 0.2) is 0 Å². The zero-order valence-electron chi connectivity index (χ0n) is 15.0. The predicted octanol–water partition coefficient (Wildman–Crippen LogP) is 2.06. The lowest BCUT2D eigenvalue weighted by atomic mass is 9.95. The molecular formula is C17H21F5N4O2. The van der Waals surface area contributed by atoms with Crippen LogP contribution in [0, 0.1) is 5.92 Å². The molecule has 3 heterocycles. The van der Waals surface area contributed by atoms with Crippen LogP contribution in [0.4, 0.5) is 22.0 Å². The van der Waals surface area contributed by atoms with Crippen molar-refractivity contribution in [2.24, 2.45) is 5.92 Å². The van der Waals surface area contributed by atoms with Gasteiger partial charge >= 0.3 is 6.18 Å². The third kappa shape index (κ3) is 4.86. The van der Waals surface area contributed by atoms with E-state index in [9.17, 15) is 31.5 Å². The van der Waals surface area contributed by atoms with Gasteiger partial charge in [0, 0.05) is 19.2 Å². The van der Waals surface area contributed by atoms with Crippen molar-refractivity contribution in [3.8, 4) is 0 Å². The molecular weight excluding hydrogens is 387 g/mol. The first-order valence-electron chi connectivity index (χ1n) is 9.08. The van der Waals surface area contributed by atoms with Gasteiger partial charge in [0.2, 0.25) is 5.91 Å². The van der Waals surface area contributed by atoms with Crippen molar-refractivity contribution >= 4 is 5.91 Å². The van der Waals surface area contributed by atoms with E-state index in [1.165, 1.54) is 4.57 Å². The van der Waals surface area contributed by atoms with Crippen LogP contribution in [-0.4, -0.2) is 63.7 Å². The number of nitrogens with zero attached hydrogens (tertiary/aromatic N) is 4. The molecule has 2 aliphatic rings. The van der Waals surface area contributed by atoms with Crippen LogP contribution in [0.3, 0.4) is 0 Å². The Hall–Kier alpha value is -2.04. The number of hydrogen-bond donors (Lipinski definition) is 0. The number of alkyl halides is 5. The highest BCUT2D eigenvalue weighted by molar-refractivity contribution is 5.84. The highest BCUT2D eigenvalue weighted by Crippen LogP contribution is 2.27. The number of piperidine rings is 1. The van der Waals surface area contributed by atoms with E-state index in [0.717, 1.165) is 17.3 Å². The van der Waals surface area contributed by atoms with Gasteiger partial charge in [-0.15, -0.1) is 0 Å². The van der Waals surface area contributed by atoms with Crippen molar-refractivity contribution in [2.75, 3.05) is 26.2 Å². The van der Waals surface area contributed by atoms with Crippen molar-refractivity contribution < 1.29 is 26.7 Å². The summed E-state index contributed by atoms with van der Waals surface area (Å²) in [6, 6.07) is 0.296. The van der Waals surface area contributed by atoms with Gasteiger partial charge in [0.1, 0.15) is 12.2 Å². The molecule has 2 aliphatic heterocycles. The number of carbonyl (C=O) groups excluding carboxylic acids is 1. The quantitative estimate of drug-likeness (QED) is 0.700. The Morgan fingerprint density at radius 2 is 1.79 bits per heavy atom. The Balaban J connectivity index is 1.53. The molecule has 2 fully saturated rings. The number of amides is 1. The Bertz CT molecular complexity index is 759. The van der Waals surface area contributed by atoms with Crippen LogP contribution in [0.2, 0.25) is 0 Å². The Labute approximate surface area is 157 Å². The van der Waals surface area contributed by atoms with Crippen LogP contribution in [0.25, 0.3) is 0 Å². The van der Waals surface area contributed by atoms with E-state index in [1.807, 2.05) is 4.90 Å². The molecule has 0 saturated carbocycles. The molecule has 6 nitrogen and oxygen atoms in total. The second-order valence-corrected chi connectivity index (χ2v) is 7.26. The van der Waals surface area contributed by atoms with Gasteiger partial charge in [-0.25, -0.2) is 13.8 Å². The van der Waals surface area contributed by atoms with E-state index >= 15 is 0 Å². The average Bonchev–Trinajstić information content (AvgIpc) is 2.96. The summed E-state index contributed by atoms with van der Waals surface area (Å²) in [6.45, 7) is 0.294. The van der Waals surface area contributed by atoms with Crippen molar-refractivity contribution in [1.82, 2.24) is 19.4 Å². The molecule has 0 spiro atoms. The molecule has 1 atom stereocenters. The van der Waals surface area contributed by atoms with Crippen LogP contribution in [0.5, 0.6) is 0 Å². The van der Waals surface area contributed by atoms with Gasteiger partial charge in [-0.3, -0.25) is 19.1 Å². The van der Waals surface area contributed by atoms with E-state index in [2.05, 4.69) is 4.98 Å². The molecule has 0 aromatic carbocycles. The van der Waals surface area contributed by atoms with Gasteiger partial charge in [0.25, 0.3) is 12.0 Å². The minimum atomic E-state index is -4.40. The van der Waals surface area contributed by atoms with Crippen LogP contribution in [0.15, 0.2) is 17.2 Å². The molecule has 0 radical (unpaired) electrons. The summed E-state index contributed by atoms with van der Waals surface area (Å²) in [6.07, 6.45) is -4.40. The van der Waals surface area contributed by atoms with E-state index in [0.29, 0.717) is 38.9 Å². The fourth-order valence-corrected chi connectivity index (χ4v) is 3.86. The lowest BCUT2D eigenvalue weighted by Crippen LogP contribution is -2.47.